The number of nitrogens with one attached hydrogen (secondary N) is 1. The van der Waals surface area contributed by atoms with E-state index >= 15 is 0 Å². The molecule has 2 fully saturated rings. The first kappa shape index (κ1) is 18.2. The van der Waals surface area contributed by atoms with Gasteiger partial charge in [-0.05, 0) is 31.4 Å². The fourth-order valence-electron chi connectivity index (χ4n) is 3.12. The number of imide groups is 1. The standard InChI is InChI=1S/C18H23N3O5/c1-12-2-3-14(10-15(12)21-9-6-16(23)19-18(21)25)26-11-17(24)20-7-4-13(22)5-8-20/h2-3,10,13,22H,4-9,11H2,1H3,(H,19,23,25). The van der Waals surface area contributed by atoms with Crippen LogP contribution in [0.25, 0.3) is 0 Å². The molecule has 140 valence electrons. The first-order valence-corrected chi connectivity index (χ1v) is 8.74. The molecule has 0 spiro atoms. The molecule has 2 heterocycles. The maximum Gasteiger partial charge on any atom is 0.328 e. The zero-order valence-corrected chi connectivity index (χ0v) is 14.7. The van der Waals surface area contributed by atoms with Crippen LogP contribution < -0.4 is 15.0 Å². The third kappa shape index (κ3) is 4.13. The number of piperidine rings is 1. The Morgan fingerprint density at radius 3 is 2.69 bits per heavy atom. The van der Waals surface area contributed by atoms with Crippen molar-refractivity contribution in [1.82, 2.24) is 10.2 Å². The van der Waals surface area contributed by atoms with E-state index in [0.717, 1.165) is 5.56 Å². The molecule has 1 aromatic rings. The summed E-state index contributed by atoms with van der Waals surface area (Å²) in [6, 6.07) is 4.82. The number of amides is 4. The van der Waals surface area contributed by atoms with Crippen LogP contribution in [0.15, 0.2) is 18.2 Å². The number of rotatable bonds is 4. The largest absolute Gasteiger partial charge is 0.484 e. The van der Waals surface area contributed by atoms with Crippen molar-refractivity contribution < 1.29 is 24.2 Å². The molecule has 0 aromatic heterocycles. The summed E-state index contributed by atoms with van der Waals surface area (Å²) in [6.07, 6.45) is 1.09. The van der Waals surface area contributed by atoms with E-state index < -0.39 is 6.03 Å². The average molecular weight is 361 g/mol. The third-order valence-electron chi connectivity index (χ3n) is 4.70. The van der Waals surface area contributed by atoms with Crippen LogP contribution in [0.1, 0.15) is 24.8 Å². The van der Waals surface area contributed by atoms with Crippen molar-refractivity contribution in [3.05, 3.63) is 23.8 Å². The Hall–Kier alpha value is -2.61. The minimum Gasteiger partial charge on any atom is -0.484 e. The first-order valence-electron chi connectivity index (χ1n) is 8.74. The lowest BCUT2D eigenvalue weighted by Crippen LogP contribution is -2.49. The second-order valence-corrected chi connectivity index (χ2v) is 6.60. The Morgan fingerprint density at radius 2 is 2.00 bits per heavy atom. The van der Waals surface area contributed by atoms with Crippen LogP contribution in [0.2, 0.25) is 0 Å². The summed E-state index contributed by atoms with van der Waals surface area (Å²) in [5.74, 6) is 0.0783. The summed E-state index contributed by atoms with van der Waals surface area (Å²) >= 11 is 0. The lowest BCUT2D eigenvalue weighted by atomic mass is 10.1. The highest BCUT2D eigenvalue weighted by Gasteiger charge is 2.26. The number of carbonyl (C=O) groups is 3. The lowest BCUT2D eigenvalue weighted by Gasteiger charge is -2.30. The zero-order valence-electron chi connectivity index (χ0n) is 14.7. The second kappa shape index (κ2) is 7.74. The number of aliphatic hydroxyl groups is 1. The van der Waals surface area contributed by atoms with Crippen molar-refractivity contribution in [2.24, 2.45) is 0 Å². The van der Waals surface area contributed by atoms with E-state index in [0.29, 0.717) is 43.9 Å². The minimum atomic E-state index is -0.454. The van der Waals surface area contributed by atoms with Crippen LogP contribution in [0.3, 0.4) is 0 Å². The lowest BCUT2D eigenvalue weighted by molar-refractivity contribution is -0.135. The molecule has 2 aliphatic heterocycles. The number of anilines is 1. The van der Waals surface area contributed by atoms with E-state index in [1.807, 2.05) is 13.0 Å². The zero-order chi connectivity index (χ0) is 18.7. The van der Waals surface area contributed by atoms with Gasteiger partial charge in [0.1, 0.15) is 5.75 Å². The number of likely N-dealkylation sites (tertiary alicyclic amines) is 1. The number of hydrogen-bond acceptors (Lipinski definition) is 5. The molecule has 0 saturated carbocycles. The Labute approximate surface area is 151 Å². The molecule has 4 amide bonds. The SMILES string of the molecule is Cc1ccc(OCC(=O)N2CCC(O)CC2)cc1N1CCC(=O)NC1=O. The van der Waals surface area contributed by atoms with E-state index in [-0.39, 0.29) is 30.9 Å². The van der Waals surface area contributed by atoms with E-state index in [1.54, 1.807) is 17.0 Å². The Balaban J connectivity index is 1.63. The van der Waals surface area contributed by atoms with Gasteiger partial charge in [-0.2, -0.15) is 0 Å². The van der Waals surface area contributed by atoms with Gasteiger partial charge in [0.2, 0.25) is 5.91 Å². The molecule has 8 nitrogen and oxygen atoms in total. The number of aryl methyl sites for hydroxylation is 1. The normalized spacial score (nSPS) is 18.7. The monoisotopic (exact) mass is 361 g/mol. The topological polar surface area (TPSA) is 99.2 Å². The molecule has 1 aromatic carbocycles. The van der Waals surface area contributed by atoms with Gasteiger partial charge in [-0.1, -0.05) is 6.07 Å². The molecule has 0 aliphatic carbocycles. The molecule has 0 radical (unpaired) electrons. The van der Waals surface area contributed by atoms with Gasteiger partial charge in [0.05, 0.1) is 11.8 Å². The van der Waals surface area contributed by atoms with Gasteiger partial charge >= 0.3 is 6.03 Å². The highest BCUT2D eigenvalue weighted by atomic mass is 16.5. The van der Waals surface area contributed by atoms with Crippen molar-refractivity contribution in [2.45, 2.75) is 32.3 Å². The average Bonchev–Trinajstić information content (AvgIpc) is 2.62. The molecule has 2 N–H and O–H groups in total. The maximum absolute atomic E-state index is 12.2. The number of aliphatic hydroxyl groups excluding tert-OH is 1. The Bertz CT molecular complexity index is 713. The fourth-order valence-corrected chi connectivity index (χ4v) is 3.12. The van der Waals surface area contributed by atoms with Crippen molar-refractivity contribution in [2.75, 3.05) is 31.1 Å². The van der Waals surface area contributed by atoms with Gasteiger partial charge in [0.25, 0.3) is 5.91 Å². The predicted molar refractivity (Wildman–Crippen MR) is 94.0 cm³/mol. The smallest absolute Gasteiger partial charge is 0.328 e. The van der Waals surface area contributed by atoms with Crippen LogP contribution >= 0.6 is 0 Å². The minimum absolute atomic E-state index is 0.0940. The highest BCUT2D eigenvalue weighted by molar-refractivity contribution is 6.06. The number of benzene rings is 1. The van der Waals surface area contributed by atoms with Gasteiger partial charge in [0, 0.05) is 32.1 Å². The van der Waals surface area contributed by atoms with Gasteiger partial charge < -0.3 is 14.7 Å². The number of hydrogen-bond donors (Lipinski definition) is 2. The third-order valence-corrected chi connectivity index (χ3v) is 4.70. The number of urea groups is 1. The van der Waals surface area contributed by atoms with E-state index in [2.05, 4.69) is 5.32 Å². The van der Waals surface area contributed by atoms with E-state index in [9.17, 15) is 19.5 Å². The van der Waals surface area contributed by atoms with Crippen LogP contribution in [-0.2, 0) is 9.59 Å². The van der Waals surface area contributed by atoms with Crippen molar-refractivity contribution in [3.8, 4) is 5.75 Å². The molecule has 0 bridgehead atoms. The molecule has 8 heteroatoms. The maximum atomic E-state index is 12.2. The highest BCUT2D eigenvalue weighted by Crippen LogP contribution is 2.27. The molecule has 26 heavy (non-hydrogen) atoms. The van der Waals surface area contributed by atoms with Gasteiger partial charge in [0.15, 0.2) is 6.61 Å². The van der Waals surface area contributed by atoms with Crippen LogP contribution in [0.5, 0.6) is 5.75 Å². The van der Waals surface area contributed by atoms with Crippen molar-refractivity contribution in [1.29, 1.82) is 0 Å². The summed E-state index contributed by atoms with van der Waals surface area (Å²) in [5.41, 5.74) is 1.53. The number of ether oxygens (including phenoxy) is 1. The molecule has 3 rings (SSSR count). The molecule has 2 saturated heterocycles. The summed E-state index contributed by atoms with van der Waals surface area (Å²) in [7, 11) is 0. The second-order valence-electron chi connectivity index (χ2n) is 6.60. The molecule has 0 unspecified atom stereocenters. The van der Waals surface area contributed by atoms with Gasteiger partial charge in [-0.25, -0.2) is 4.79 Å². The summed E-state index contributed by atoms with van der Waals surface area (Å²) in [6.45, 7) is 3.15. The fraction of sp³-hybridized carbons (Fsp3) is 0.500. The quantitative estimate of drug-likeness (QED) is 0.827. The van der Waals surface area contributed by atoms with Crippen molar-refractivity contribution in [3.63, 3.8) is 0 Å². The Morgan fingerprint density at radius 1 is 1.27 bits per heavy atom. The predicted octanol–water partition coefficient (Wildman–Crippen LogP) is 0.803. The van der Waals surface area contributed by atoms with Crippen LogP contribution in [0.4, 0.5) is 10.5 Å². The summed E-state index contributed by atoms with van der Waals surface area (Å²) in [4.78, 5) is 38.8. The Kier molecular flexibility index (Phi) is 5.41. The molecular weight excluding hydrogens is 338 g/mol. The van der Waals surface area contributed by atoms with E-state index in [4.69, 9.17) is 4.74 Å². The van der Waals surface area contributed by atoms with Gasteiger partial charge in [-0.3, -0.25) is 19.8 Å². The molecule has 0 atom stereocenters. The molecular formula is C18H23N3O5. The van der Waals surface area contributed by atoms with Crippen LogP contribution in [-0.4, -0.2) is 60.2 Å². The summed E-state index contributed by atoms with van der Waals surface area (Å²) < 4.78 is 5.61. The number of nitrogens with zero attached hydrogens (tertiary/aromatic N) is 2. The summed E-state index contributed by atoms with van der Waals surface area (Å²) in [5, 5.41) is 11.8. The molecule has 2 aliphatic rings. The van der Waals surface area contributed by atoms with Crippen LogP contribution in [0, 0.1) is 6.92 Å². The number of carbonyl (C=O) groups excluding carboxylic acids is 3. The van der Waals surface area contributed by atoms with E-state index in [1.165, 1.54) is 4.90 Å². The van der Waals surface area contributed by atoms with Gasteiger partial charge in [-0.15, -0.1) is 0 Å². The first-order chi connectivity index (χ1) is 12.4. The van der Waals surface area contributed by atoms with Crippen molar-refractivity contribution >= 4 is 23.5 Å².